The second-order valence-electron chi connectivity index (χ2n) is 1.57. The van der Waals surface area contributed by atoms with Gasteiger partial charge in [0.1, 0.15) is 0 Å². The molecule has 0 amide bonds. The van der Waals surface area contributed by atoms with Crippen molar-refractivity contribution in [3.05, 3.63) is 9.78 Å². The second-order valence-corrected chi connectivity index (χ2v) is 2.74. The van der Waals surface area contributed by atoms with Crippen LogP contribution in [0.4, 0.5) is 0 Å². The van der Waals surface area contributed by atoms with E-state index in [0.29, 0.717) is 0 Å². The van der Waals surface area contributed by atoms with E-state index in [1.54, 1.807) is 6.20 Å². The molecule has 0 saturated heterocycles. The summed E-state index contributed by atoms with van der Waals surface area (Å²) >= 11 is 2.16. The molecule has 0 atom stereocenters. The Morgan fingerprint density at radius 1 is 1.78 bits per heavy atom. The molecule has 0 fully saturated rings. The van der Waals surface area contributed by atoms with E-state index in [1.807, 2.05) is 13.8 Å². The van der Waals surface area contributed by atoms with Gasteiger partial charge in [0.25, 0.3) is 0 Å². The summed E-state index contributed by atoms with van der Waals surface area (Å²) in [5, 5.41) is 0. The molecule has 0 rings (SSSR count). The van der Waals surface area contributed by atoms with E-state index in [-0.39, 0.29) is 0 Å². The lowest BCUT2D eigenvalue weighted by atomic mass is 10.4. The summed E-state index contributed by atoms with van der Waals surface area (Å²) in [6.45, 7) is 4.78. The fourth-order valence-corrected chi connectivity index (χ4v) is 0.604. The molecule has 0 radical (unpaired) electrons. The van der Waals surface area contributed by atoms with Crippen molar-refractivity contribution in [1.29, 1.82) is 0 Å². The summed E-state index contributed by atoms with van der Waals surface area (Å²) in [6.07, 6.45) is 1.56. The van der Waals surface area contributed by atoms with Crippen LogP contribution >= 0.6 is 22.6 Å². The van der Waals surface area contributed by atoms with Gasteiger partial charge in [0.05, 0.1) is 0 Å². The zero-order valence-corrected chi connectivity index (χ0v) is 7.84. The number of hydrogen-bond acceptors (Lipinski definition) is 2. The van der Waals surface area contributed by atoms with Gasteiger partial charge in [-0.2, -0.15) is 0 Å². The van der Waals surface area contributed by atoms with Gasteiger partial charge in [-0.1, -0.05) is 0 Å². The van der Waals surface area contributed by atoms with E-state index < -0.39 is 0 Å². The van der Waals surface area contributed by atoms with Crippen molar-refractivity contribution in [2.24, 2.45) is 10.7 Å². The molecule has 0 spiro atoms. The van der Waals surface area contributed by atoms with E-state index in [1.165, 1.54) is 0 Å². The molecule has 0 saturated carbocycles. The first-order chi connectivity index (χ1) is 4.22. The summed E-state index contributed by atoms with van der Waals surface area (Å²) in [7, 11) is 0. The van der Waals surface area contributed by atoms with Crippen LogP contribution in [0.2, 0.25) is 0 Å². The number of aliphatic imine (C=N–C) groups is 1. The van der Waals surface area contributed by atoms with E-state index in [4.69, 9.17) is 5.73 Å². The average Bonchev–Trinajstić information content (AvgIpc) is 1.87. The number of hydrogen-bond donors (Lipinski definition) is 1. The maximum absolute atomic E-state index is 5.25. The molecular weight excluding hydrogens is 227 g/mol. The first kappa shape index (κ1) is 8.94. The molecule has 0 bridgehead atoms. The van der Waals surface area contributed by atoms with E-state index in [0.717, 1.165) is 15.8 Å². The minimum Gasteiger partial charge on any atom is -0.404 e. The molecule has 0 aliphatic carbocycles. The van der Waals surface area contributed by atoms with Gasteiger partial charge in [-0.25, -0.2) is 0 Å². The molecule has 0 aliphatic rings. The molecule has 2 N–H and O–H groups in total. The maximum Gasteiger partial charge on any atom is 0.0492 e. The molecule has 0 aromatic carbocycles. The number of allylic oxidation sites excluding steroid dienone is 1. The van der Waals surface area contributed by atoms with Crippen molar-refractivity contribution in [2.75, 3.05) is 6.54 Å². The molecule has 2 nitrogen and oxygen atoms in total. The largest absolute Gasteiger partial charge is 0.404 e. The molecule has 3 heteroatoms. The predicted octanol–water partition coefficient (Wildman–Crippen LogP) is 1.70. The molecule has 0 aromatic rings. The monoisotopic (exact) mass is 238 g/mol. The Balaban J connectivity index is 4.03. The van der Waals surface area contributed by atoms with Crippen molar-refractivity contribution >= 4 is 28.3 Å². The van der Waals surface area contributed by atoms with Crippen molar-refractivity contribution < 1.29 is 0 Å². The Morgan fingerprint density at radius 2 is 2.33 bits per heavy atom. The Hall–Kier alpha value is -0.0600. The zero-order chi connectivity index (χ0) is 7.28. The van der Waals surface area contributed by atoms with Gasteiger partial charge in [0, 0.05) is 22.0 Å². The topological polar surface area (TPSA) is 38.4 Å². The highest BCUT2D eigenvalue weighted by Gasteiger charge is 1.91. The van der Waals surface area contributed by atoms with E-state index in [2.05, 4.69) is 27.6 Å². The number of nitrogens with two attached hydrogens (primary N) is 1. The third-order valence-corrected chi connectivity index (χ3v) is 2.03. The zero-order valence-electron chi connectivity index (χ0n) is 5.69. The van der Waals surface area contributed by atoms with Gasteiger partial charge in [-0.05, 0) is 36.4 Å². The lowest BCUT2D eigenvalue weighted by Crippen LogP contribution is -1.94. The van der Waals surface area contributed by atoms with Gasteiger partial charge in [-0.3, -0.25) is 4.99 Å². The molecule has 0 heterocycles. The number of nitrogens with zero attached hydrogens (tertiary/aromatic N) is 1. The Labute approximate surface area is 69.4 Å². The Morgan fingerprint density at radius 3 is 2.67 bits per heavy atom. The lowest BCUT2D eigenvalue weighted by molar-refractivity contribution is 1.13. The minimum atomic E-state index is 0.826. The van der Waals surface area contributed by atoms with Crippen LogP contribution < -0.4 is 5.73 Å². The van der Waals surface area contributed by atoms with Gasteiger partial charge in [0.2, 0.25) is 0 Å². The summed E-state index contributed by atoms with van der Waals surface area (Å²) < 4.78 is 1.02. The smallest absolute Gasteiger partial charge is 0.0492 e. The number of halogens is 1. The average molecular weight is 238 g/mol. The van der Waals surface area contributed by atoms with Crippen molar-refractivity contribution in [3.8, 4) is 0 Å². The third kappa shape index (κ3) is 3.51. The fourth-order valence-electron chi connectivity index (χ4n) is 0.433. The SMILES string of the molecule is CCN=C(C)C(I)=CN. The van der Waals surface area contributed by atoms with Gasteiger partial charge in [0.15, 0.2) is 0 Å². The second kappa shape index (κ2) is 4.78. The standard InChI is InChI=1S/C6H11IN2/c1-3-9-5(2)6(7)4-8/h4H,3,8H2,1-2H3. The summed E-state index contributed by atoms with van der Waals surface area (Å²) in [4.78, 5) is 4.16. The first-order valence-electron chi connectivity index (χ1n) is 2.81. The molecule has 0 unspecified atom stereocenters. The van der Waals surface area contributed by atoms with Crippen LogP contribution in [-0.4, -0.2) is 12.3 Å². The fraction of sp³-hybridized carbons (Fsp3) is 0.500. The van der Waals surface area contributed by atoms with Gasteiger partial charge >= 0.3 is 0 Å². The Kier molecular flexibility index (Phi) is 4.75. The van der Waals surface area contributed by atoms with Gasteiger partial charge < -0.3 is 5.73 Å². The summed E-state index contributed by atoms with van der Waals surface area (Å²) in [5.74, 6) is 0. The molecule has 0 aliphatic heterocycles. The van der Waals surface area contributed by atoms with Crippen LogP contribution in [0.3, 0.4) is 0 Å². The first-order valence-corrected chi connectivity index (χ1v) is 3.89. The molecule has 9 heavy (non-hydrogen) atoms. The Bertz CT molecular complexity index is 138. The normalized spacial score (nSPS) is 14.1. The van der Waals surface area contributed by atoms with Crippen LogP contribution in [-0.2, 0) is 0 Å². The van der Waals surface area contributed by atoms with Gasteiger partial charge in [-0.15, -0.1) is 0 Å². The highest BCUT2D eigenvalue weighted by molar-refractivity contribution is 14.1. The van der Waals surface area contributed by atoms with Crippen LogP contribution in [0.1, 0.15) is 13.8 Å². The summed E-state index contributed by atoms with van der Waals surface area (Å²) in [5.41, 5.74) is 6.27. The highest BCUT2D eigenvalue weighted by atomic mass is 127. The van der Waals surface area contributed by atoms with Crippen LogP contribution in [0, 0.1) is 0 Å². The minimum absolute atomic E-state index is 0.826. The highest BCUT2D eigenvalue weighted by Crippen LogP contribution is 2.05. The van der Waals surface area contributed by atoms with Crippen LogP contribution in [0.5, 0.6) is 0 Å². The maximum atomic E-state index is 5.25. The number of rotatable bonds is 2. The van der Waals surface area contributed by atoms with Crippen molar-refractivity contribution in [1.82, 2.24) is 0 Å². The molecule has 0 aromatic heterocycles. The predicted molar refractivity (Wildman–Crippen MR) is 49.9 cm³/mol. The van der Waals surface area contributed by atoms with Crippen molar-refractivity contribution in [3.63, 3.8) is 0 Å². The molecule has 52 valence electrons. The quantitative estimate of drug-likeness (QED) is 0.577. The van der Waals surface area contributed by atoms with E-state index in [9.17, 15) is 0 Å². The van der Waals surface area contributed by atoms with Crippen LogP contribution in [0.15, 0.2) is 14.8 Å². The lowest BCUT2D eigenvalue weighted by Gasteiger charge is -1.93. The van der Waals surface area contributed by atoms with E-state index >= 15 is 0 Å². The third-order valence-electron chi connectivity index (χ3n) is 0.887. The summed E-state index contributed by atoms with van der Waals surface area (Å²) in [6, 6.07) is 0. The molecular formula is C6H11IN2. The van der Waals surface area contributed by atoms with Crippen molar-refractivity contribution in [2.45, 2.75) is 13.8 Å². The van der Waals surface area contributed by atoms with Crippen LogP contribution in [0.25, 0.3) is 0 Å².